The predicted octanol–water partition coefficient (Wildman–Crippen LogP) is 7.85. The number of hydrogen-bond acceptors (Lipinski definition) is 15. The van der Waals surface area contributed by atoms with Crippen molar-refractivity contribution in [2.45, 2.75) is 148 Å². The fourth-order valence-corrected chi connectivity index (χ4v) is 19.1. The highest BCUT2D eigenvalue weighted by Gasteiger charge is 2.77. The lowest BCUT2D eigenvalue weighted by atomic mass is 9.41. The minimum atomic E-state index is -2.26. The van der Waals surface area contributed by atoms with Crippen LogP contribution < -0.4 is 20.7 Å². The predicted molar refractivity (Wildman–Crippen MR) is 357 cm³/mol. The molecule has 4 aromatic carbocycles. The van der Waals surface area contributed by atoms with Gasteiger partial charge in [0.15, 0.2) is 17.6 Å². The molecule has 2 aliphatic heterocycles. The molecule has 5 N–H and O–H groups in total. The van der Waals surface area contributed by atoms with Crippen LogP contribution in [0.25, 0.3) is 5.57 Å². The number of allylic oxidation sites excluding steroid dienone is 5. The summed E-state index contributed by atoms with van der Waals surface area (Å²) >= 11 is 0. The monoisotopic (exact) mass is 1290 g/mol. The number of aliphatic hydroxyl groups excluding tert-OH is 2. The van der Waals surface area contributed by atoms with Crippen LogP contribution in [0.15, 0.2) is 137 Å². The van der Waals surface area contributed by atoms with Gasteiger partial charge in [0.05, 0.1) is 42.4 Å². The zero-order chi connectivity index (χ0) is 67.3. The summed E-state index contributed by atoms with van der Waals surface area (Å²) < 4.78 is 33.7. The molecule has 11 atom stereocenters. The van der Waals surface area contributed by atoms with Crippen molar-refractivity contribution in [2.24, 2.45) is 22.2 Å². The van der Waals surface area contributed by atoms with Crippen molar-refractivity contribution in [3.8, 4) is 0 Å². The van der Waals surface area contributed by atoms with E-state index in [1.54, 1.807) is 94.4 Å². The maximum absolute atomic E-state index is 15.9. The number of aliphatic hydroxyl groups is 3. The Hall–Kier alpha value is -7.49. The summed E-state index contributed by atoms with van der Waals surface area (Å²) in [4.78, 5) is 88.8. The van der Waals surface area contributed by atoms with E-state index >= 15 is 4.79 Å². The van der Waals surface area contributed by atoms with E-state index in [0.717, 1.165) is 33.7 Å². The standard InChI is InChI=1S/C74H90N4O14Si/c1-43(80)39-73-42-90-58(73)38-57(88-10)72(5)65(73)67(92-69(85)46-25-19-15-20-26-46)74(87)40-54(44(2)61(71(74,3)4)64(89-11)66(72)83)91-70(86)63(82)62(45-23-17-14-18-24-45)76-59(81)27-21-16-22-34-75-68(84)47-28-29-48(41-79)53(35-47)60-51-32-30-49(77(6)7)36-55(51)93(12,13)56-37-50(78(8)9)31-33-52(56)60/h14-15,17-20,23-26,28-33,35-37,54,57-58,62-65,67,79,82,87H,16,21-22,27,34,38-42H2,1-13H3,(H-,75,76,81,84)/p+1/t54-,57-,58+,62-,63+,64+,65-,67-,72+,73+,74+/m0/s1. The fourth-order valence-electron chi connectivity index (χ4n) is 16.1. The Morgan fingerprint density at radius 2 is 1.56 bits per heavy atom. The number of nitrogens with one attached hydrogen (secondary N) is 2. The summed E-state index contributed by atoms with van der Waals surface area (Å²) in [6.45, 7) is 13.2. The Labute approximate surface area is 546 Å². The van der Waals surface area contributed by atoms with E-state index in [-0.39, 0.29) is 55.3 Å². The number of hydrogen-bond donors (Lipinski definition) is 5. The normalized spacial score (nSPS) is 27.1. The number of benzene rings is 4. The molecule has 0 spiro atoms. The van der Waals surface area contributed by atoms with E-state index in [1.807, 2.05) is 40.3 Å². The zero-order valence-electron chi connectivity index (χ0n) is 55.9. The molecule has 0 unspecified atom stereocenters. The number of esters is 2. The average Bonchev–Trinajstić information content (AvgIpc) is 0.670. The second-order valence-corrected chi connectivity index (χ2v) is 32.2. The van der Waals surface area contributed by atoms with Gasteiger partial charge in [0.2, 0.25) is 5.91 Å². The molecule has 0 radical (unpaired) electrons. The summed E-state index contributed by atoms with van der Waals surface area (Å²) in [7, 11) is 8.74. The van der Waals surface area contributed by atoms with Crippen molar-refractivity contribution in [3.63, 3.8) is 0 Å². The van der Waals surface area contributed by atoms with Crippen molar-refractivity contribution in [1.29, 1.82) is 0 Å². The Morgan fingerprint density at radius 1 is 0.860 bits per heavy atom. The van der Waals surface area contributed by atoms with E-state index in [1.165, 1.54) is 31.5 Å². The van der Waals surface area contributed by atoms with Gasteiger partial charge >= 0.3 is 11.9 Å². The van der Waals surface area contributed by atoms with Crippen molar-refractivity contribution in [2.75, 3.05) is 60.5 Å². The van der Waals surface area contributed by atoms with Gasteiger partial charge < -0.3 is 59.3 Å². The molecule has 4 aromatic rings. The highest BCUT2D eigenvalue weighted by atomic mass is 28.3. The lowest BCUT2D eigenvalue weighted by Gasteiger charge is -2.69. The molecule has 1 saturated heterocycles. The maximum atomic E-state index is 15.9. The van der Waals surface area contributed by atoms with Crippen LogP contribution in [-0.2, 0) is 49.5 Å². The molecule has 3 fully saturated rings. The quantitative estimate of drug-likeness (QED) is 0.0176. The van der Waals surface area contributed by atoms with Crippen LogP contribution in [0.4, 0.5) is 5.69 Å². The molecule has 6 aliphatic rings. The van der Waals surface area contributed by atoms with E-state index in [9.17, 15) is 39.3 Å². The zero-order valence-corrected chi connectivity index (χ0v) is 56.9. The van der Waals surface area contributed by atoms with Gasteiger partial charge in [-0.2, -0.15) is 0 Å². The molecular formula is C74H91N4O14Si+. The number of Topliss-reactive ketones (excluding diaryl/α,β-unsaturated/α-hetero) is 2. The average molecular weight is 1290 g/mol. The number of carbonyl (C=O) groups excluding carboxylic acids is 6. The number of ether oxygens (including phenoxy) is 5. The van der Waals surface area contributed by atoms with E-state index in [0.29, 0.717) is 48.1 Å². The molecule has 2 bridgehead atoms. The van der Waals surface area contributed by atoms with Gasteiger partial charge in [-0.1, -0.05) is 94.0 Å². The van der Waals surface area contributed by atoms with Gasteiger partial charge in [-0.25, -0.2) is 14.2 Å². The largest absolute Gasteiger partial charge is 0.456 e. The van der Waals surface area contributed by atoms with Crippen LogP contribution in [0.3, 0.4) is 0 Å². The van der Waals surface area contributed by atoms with E-state index < -0.39 is 109 Å². The molecule has 494 valence electrons. The molecule has 4 aliphatic carbocycles. The van der Waals surface area contributed by atoms with Gasteiger partial charge in [0.25, 0.3) is 5.91 Å². The Bertz CT molecular complexity index is 3770. The van der Waals surface area contributed by atoms with Crippen LogP contribution in [0.1, 0.15) is 129 Å². The minimum absolute atomic E-state index is 0.0134. The smallest absolute Gasteiger partial charge is 0.338 e. The molecule has 2 amide bonds. The number of ketones is 2. The van der Waals surface area contributed by atoms with Crippen molar-refractivity contribution in [3.05, 3.63) is 171 Å². The van der Waals surface area contributed by atoms with Crippen LogP contribution in [0.5, 0.6) is 0 Å². The first kappa shape index (κ1) is 68.4. The lowest BCUT2D eigenvalue weighted by Crippen LogP contribution is -2.78. The summed E-state index contributed by atoms with van der Waals surface area (Å²) in [6, 6.07) is 27.5. The molecule has 19 heteroatoms. The van der Waals surface area contributed by atoms with Gasteiger partial charge in [0.1, 0.15) is 51.9 Å². The second kappa shape index (κ2) is 26.7. The number of rotatable bonds is 21. The second-order valence-electron chi connectivity index (χ2n) is 27.8. The number of unbranched alkanes of at least 4 members (excludes halogenated alkanes) is 2. The van der Waals surface area contributed by atoms with Gasteiger partial charge in [-0.15, -0.1) is 0 Å². The summed E-state index contributed by atoms with van der Waals surface area (Å²) in [6.07, 6.45) is 0.106. The number of amides is 2. The van der Waals surface area contributed by atoms with Gasteiger partial charge in [0, 0.05) is 101 Å². The molecule has 0 aromatic heterocycles. The van der Waals surface area contributed by atoms with Crippen LogP contribution in [0.2, 0.25) is 13.1 Å². The third kappa shape index (κ3) is 12.2. The molecule has 93 heavy (non-hydrogen) atoms. The highest BCUT2D eigenvalue weighted by molar-refractivity contribution is 6.98. The molecule has 2 saturated carbocycles. The topological polar surface area (TPSA) is 240 Å². The number of fused-ring (bicyclic) bond motifs is 7. The number of carbonyl (C=O) groups is 6. The number of anilines is 1. The molecule has 10 rings (SSSR count). The molecule has 18 nitrogen and oxygen atoms in total. The Balaban J connectivity index is 0.854. The van der Waals surface area contributed by atoms with Gasteiger partial charge in [-0.05, 0) is 131 Å². The van der Waals surface area contributed by atoms with Crippen molar-refractivity contribution < 1.29 is 72.3 Å². The third-order valence-corrected chi connectivity index (χ3v) is 24.8. The van der Waals surface area contributed by atoms with Crippen LogP contribution in [-0.4, -0.2) is 167 Å². The van der Waals surface area contributed by atoms with Gasteiger partial charge in [-0.3, -0.25) is 14.4 Å². The first-order valence-corrected chi connectivity index (χ1v) is 35.3. The first-order chi connectivity index (χ1) is 44.1. The van der Waals surface area contributed by atoms with Crippen LogP contribution >= 0.6 is 0 Å². The minimum Gasteiger partial charge on any atom is -0.456 e. The maximum Gasteiger partial charge on any atom is 0.338 e. The Morgan fingerprint density at radius 3 is 2.18 bits per heavy atom. The fraction of sp³-hybridized carbons (Fsp3) is 0.473. The number of methoxy groups -OCH3 is 2. The Kier molecular flexibility index (Phi) is 19.6. The van der Waals surface area contributed by atoms with Crippen LogP contribution in [0, 0.1) is 22.2 Å². The SMILES string of the molecule is CO[C@H]1C(=O)[C@]2(C)[C@@H](OC)C[C@H]3OC[C@@]3(CC(C)=O)[C@H]2[C@H](OC(=O)c2ccccc2)[C@]2(O)C[C@H](OC(=O)[C@H](O)[C@@H](NC(=O)CCCCCNC(=O)c3ccc(CO)c(C4=C5C=CC(=[N+](C)C)C=C5[Si](C)(C)c5cc(N(C)C)ccc54)c3)c3ccccc3)C(C)=C1C2(C)C. The van der Waals surface area contributed by atoms with Crippen molar-refractivity contribution >= 4 is 65.6 Å². The lowest BCUT2D eigenvalue weighted by molar-refractivity contribution is -0.462. The number of nitrogens with zero attached hydrogens (tertiary/aromatic N) is 2. The highest BCUT2D eigenvalue weighted by Crippen LogP contribution is 2.67. The van der Waals surface area contributed by atoms with E-state index in [2.05, 4.69) is 69.6 Å². The summed E-state index contributed by atoms with van der Waals surface area (Å²) in [5.41, 5.74) is 2.18. The summed E-state index contributed by atoms with van der Waals surface area (Å²) in [5.74, 6) is -4.44. The molecule has 2 heterocycles. The van der Waals surface area contributed by atoms with Crippen molar-refractivity contribution in [1.82, 2.24) is 10.6 Å². The van der Waals surface area contributed by atoms with E-state index in [4.69, 9.17) is 23.7 Å². The first-order valence-electron chi connectivity index (χ1n) is 32.3. The molecular weight excluding hydrogens is 1200 g/mol. The summed E-state index contributed by atoms with van der Waals surface area (Å²) in [5, 5.41) is 45.5. The third-order valence-electron chi connectivity index (χ3n) is 21.3.